The summed E-state index contributed by atoms with van der Waals surface area (Å²) >= 11 is 0. The van der Waals surface area contributed by atoms with Crippen LogP contribution in [0.5, 0.6) is 5.75 Å². The summed E-state index contributed by atoms with van der Waals surface area (Å²) in [5.41, 5.74) is 1.16. The molecule has 4 nitrogen and oxygen atoms in total. The number of halogens is 4. The van der Waals surface area contributed by atoms with Crippen molar-refractivity contribution in [1.82, 2.24) is 14.8 Å². The zero-order chi connectivity index (χ0) is 26.2. The van der Waals surface area contributed by atoms with Crippen molar-refractivity contribution in [3.8, 4) is 5.75 Å². The van der Waals surface area contributed by atoms with E-state index in [9.17, 15) is 4.39 Å². The lowest BCUT2D eigenvalue weighted by Crippen LogP contribution is -2.52. The minimum atomic E-state index is -1.35. The van der Waals surface area contributed by atoms with Crippen LogP contribution >= 0.6 is 0 Å². The van der Waals surface area contributed by atoms with E-state index in [1.165, 1.54) is 12.1 Å². The molecule has 2 aliphatic rings. The molecule has 2 aromatic carbocycles. The van der Waals surface area contributed by atoms with Gasteiger partial charge in [0.15, 0.2) is 11.6 Å². The molecule has 1 unspecified atom stereocenters. The van der Waals surface area contributed by atoms with E-state index in [1.54, 1.807) is 0 Å². The van der Waals surface area contributed by atoms with Crippen LogP contribution in [0.25, 0.3) is 10.9 Å². The number of para-hydroxylation sites is 1. The number of alkyl halides is 2. The number of H-pyrrole nitrogens is 1. The number of ether oxygens (including phenoxy) is 1. The third-order valence-corrected chi connectivity index (χ3v) is 8.00. The molecule has 0 bridgehead atoms. The number of nitrogens with one attached hydrogen (secondary N) is 1. The highest BCUT2D eigenvalue weighted by atomic mass is 19.1. The van der Waals surface area contributed by atoms with E-state index in [4.69, 9.17) is 4.74 Å². The Labute approximate surface area is 215 Å². The van der Waals surface area contributed by atoms with E-state index in [2.05, 4.69) is 4.98 Å². The summed E-state index contributed by atoms with van der Waals surface area (Å²) < 4.78 is 65.2. The van der Waals surface area contributed by atoms with Crippen molar-refractivity contribution in [3.05, 3.63) is 64.9 Å². The van der Waals surface area contributed by atoms with Gasteiger partial charge in [0.1, 0.15) is 18.1 Å². The van der Waals surface area contributed by atoms with Gasteiger partial charge in [-0.1, -0.05) is 18.2 Å². The van der Waals surface area contributed by atoms with Crippen molar-refractivity contribution < 1.29 is 22.3 Å². The number of likely N-dealkylation sites (N-methyl/N-ethyl adjacent to an activating group) is 1. The fourth-order valence-electron chi connectivity index (χ4n) is 5.77. The van der Waals surface area contributed by atoms with E-state index < -0.39 is 30.0 Å². The molecule has 2 atom stereocenters. The van der Waals surface area contributed by atoms with Crippen LogP contribution in [0, 0.1) is 11.6 Å². The van der Waals surface area contributed by atoms with Gasteiger partial charge in [-0.15, -0.1) is 0 Å². The lowest BCUT2D eigenvalue weighted by Gasteiger charge is -2.46. The Bertz CT molecular complexity index is 1240. The summed E-state index contributed by atoms with van der Waals surface area (Å²) in [6, 6.07) is 9.45. The molecule has 37 heavy (non-hydrogen) atoms. The Kier molecular flexibility index (Phi) is 7.50. The van der Waals surface area contributed by atoms with E-state index in [0.29, 0.717) is 44.5 Å². The smallest absolute Gasteiger partial charge is 0.173 e. The summed E-state index contributed by atoms with van der Waals surface area (Å²) in [5, 5.41) is 1.03. The minimum absolute atomic E-state index is 0.0373. The van der Waals surface area contributed by atoms with E-state index in [0.717, 1.165) is 22.9 Å². The molecule has 0 amide bonds. The van der Waals surface area contributed by atoms with E-state index >= 15 is 13.2 Å². The standard InChI is InChI=1S/C29H35F4N3O/c1-19-17-21-20-7-3-4-8-23(20)34-27(21)28(36(19)18-29(33)11-5-12-29)25-22(31)9-10-24(26(25)32)37-16-15-35(2)14-6-13-30/h3-4,7-10,19,28,34H,5-6,11-18H2,1-2H3/t19-,28?/m1/s1. The van der Waals surface area contributed by atoms with Crippen LogP contribution in [-0.4, -0.2) is 66.5 Å². The summed E-state index contributed by atoms with van der Waals surface area (Å²) in [4.78, 5) is 7.24. The molecule has 3 aromatic rings. The molecule has 2 heterocycles. The van der Waals surface area contributed by atoms with Crippen molar-refractivity contribution in [2.24, 2.45) is 0 Å². The van der Waals surface area contributed by atoms with Gasteiger partial charge in [-0.05, 0) is 69.8 Å². The second kappa shape index (κ2) is 10.7. The number of hydrogen-bond donors (Lipinski definition) is 1. The van der Waals surface area contributed by atoms with Gasteiger partial charge in [0.25, 0.3) is 0 Å². The average molecular weight is 518 g/mol. The quantitative estimate of drug-likeness (QED) is 0.318. The van der Waals surface area contributed by atoms with Gasteiger partial charge in [0.05, 0.1) is 18.3 Å². The van der Waals surface area contributed by atoms with Crippen molar-refractivity contribution in [2.75, 3.05) is 40.0 Å². The lowest BCUT2D eigenvalue weighted by atomic mass is 9.79. The molecular formula is C29H35F4N3O. The maximum Gasteiger partial charge on any atom is 0.173 e. The molecule has 0 radical (unpaired) electrons. The van der Waals surface area contributed by atoms with Gasteiger partial charge >= 0.3 is 0 Å². The van der Waals surface area contributed by atoms with E-state index in [1.807, 2.05) is 48.0 Å². The molecule has 1 N–H and O–H groups in total. The number of rotatable bonds is 10. The third-order valence-electron chi connectivity index (χ3n) is 8.00. The maximum atomic E-state index is 16.1. The van der Waals surface area contributed by atoms with Crippen LogP contribution < -0.4 is 4.74 Å². The summed E-state index contributed by atoms with van der Waals surface area (Å²) in [6.45, 7) is 2.96. The Balaban J connectivity index is 1.52. The van der Waals surface area contributed by atoms with Crippen LogP contribution in [0.4, 0.5) is 17.6 Å². The second-order valence-corrected chi connectivity index (χ2v) is 10.7. The number of aromatic nitrogens is 1. The van der Waals surface area contributed by atoms with Gasteiger partial charge in [0.2, 0.25) is 0 Å². The highest BCUT2D eigenvalue weighted by molar-refractivity contribution is 5.85. The molecule has 1 aromatic heterocycles. The van der Waals surface area contributed by atoms with Crippen LogP contribution in [0.2, 0.25) is 0 Å². The van der Waals surface area contributed by atoms with Gasteiger partial charge in [0, 0.05) is 42.3 Å². The molecule has 0 spiro atoms. The second-order valence-electron chi connectivity index (χ2n) is 10.7. The first-order valence-corrected chi connectivity index (χ1v) is 13.2. The first kappa shape index (κ1) is 26.0. The zero-order valence-corrected chi connectivity index (χ0v) is 21.5. The highest BCUT2D eigenvalue weighted by Crippen LogP contribution is 2.46. The first-order valence-electron chi connectivity index (χ1n) is 13.2. The Morgan fingerprint density at radius 1 is 1.14 bits per heavy atom. The fourth-order valence-corrected chi connectivity index (χ4v) is 5.77. The van der Waals surface area contributed by atoms with Crippen LogP contribution in [0.1, 0.15) is 55.5 Å². The Morgan fingerprint density at radius 2 is 1.92 bits per heavy atom. The van der Waals surface area contributed by atoms with Crippen molar-refractivity contribution in [2.45, 2.75) is 56.8 Å². The zero-order valence-electron chi connectivity index (χ0n) is 21.5. The largest absolute Gasteiger partial charge is 0.489 e. The van der Waals surface area contributed by atoms with Gasteiger partial charge in [-0.3, -0.25) is 9.29 Å². The summed E-state index contributed by atoms with van der Waals surface area (Å²) in [5.74, 6) is -1.48. The topological polar surface area (TPSA) is 31.5 Å². The minimum Gasteiger partial charge on any atom is -0.489 e. The maximum absolute atomic E-state index is 16.1. The fraction of sp³-hybridized carbons (Fsp3) is 0.517. The normalized spacial score (nSPS) is 21.3. The summed E-state index contributed by atoms with van der Waals surface area (Å²) in [7, 11) is 1.84. The number of aromatic amines is 1. The van der Waals surface area contributed by atoms with Gasteiger partial charge in [-0.25, -0.2) is 13.2 Å². The average Bonchev–Trinajstić information content (AvgIpc) is 3.22. The number of nitrogens with zero attached hydrogens (tertiary/aromatic N) is 2. The Hall–Kier alpha value is -2.58. The van der Waals surface area contributed by atoms with Crippen LogP contribution in [-0.2, 0) is 6.42 Å². The molecule has 1 aliphatic heterocycles. The first-order chi connectivity index (χ1) is 17.8. The van der Waals surface area contributed by atoms with E-state index in [-0.39, 0.29) is 30.5 Å². The lowest BCUT2D eigenvalue weighted by molar-refractivity contribution is -0.00821. The molecule has 5 rings (SSSR count). The number of hydrogen-bond acceptors (Lipinski definition) is 3. The van der Waals surface area contributed by atoms with Crippen LogP contribution in [0.3, 0.4) is 0 Å². The molecule has 0 saturated heterocycles. The van der Waals surface area contributed by atoms with Gasteiger partial charge < -0.3 is 14.6 Å². The molecule has 1 fully saturated rings. The highest BCUT2D eigenvalue weighted by Gasteiger charge is 2.46. The molecule has 8 heteroatoms. The monoisotopic (exact) mass is 517 g/mol. The number of benzene rings is 2. The molecular weight excluding hydrogens is 482 g/mol. The van der Waals surface area contributed by atoms with Crippen molar-refractivity contribution in [3.63, 3.8) is 0 Å². The van der Waals surface area contributed by atoms with Gasteiger partial charge in [-0.2, -0.15) is 0 Å². The van der Waals surface area contributed by atoms with Crippen LogP contribution in [0.15, 0.2) is 36.4 Å². The predicted molar refractivity (Wildman–Crippen MR) is 138 cm³/mol. The molecule has 200 valence electrons. The number of fused-ring (bicyclic) bond motifs is 3. The van der Waals surface area contributed by atoms with Crippen molar-refractivity contribution in [1.29, 1.82) is 0 Å². The van der Waals surface area contributed by atoms with Crippen molar-refractivity contribution >= 4 is 10.9 Å². The molecule has 1 aliphatic carbocycles. The molecule has 1 saturated carbocycles. The Morgan fingerprint density at radius 3 is 2.65 bits per heavy atom. The third kappa shape index (κ3) is 5.10. The SMILES string of the molecule is C[C@@H]1Cc2c([nH]c3ccccc23)C(c2c(F)ccc(OCCN(C)CCCF)c2F)N1CC1(F)CCC1. The summed E-state index contributed by atoms with van der Waals surface area (Å²) in [6.07, 6.45) is 2.84. The predicted octanol–water partition coefficient (Wildman–Crippen LogP) is 6.34.